The highest BCUT2D eigenvalue weighted by Gasteiger charge is 2.28. The standard InChI is InChI=1S/C16H32B/c1-6-15(16(7-2)17-5)13(4)11-14-9-8-12(3)10-14/h12-16H,6-11H2,1-5H3. The van der Waals surface area contributed by atoms with E-state index in [9.17, 15) is 0 Å². The van der Waals surface area contributed by atoms with Crippen LogP contribution in [0.25, 0.3) is 0 Å². The lowest BCUT2D eigenvalue weighted by atomic mass is 9.56. The van der Waals surface area contributed by atoms with Crippen molar-refractivity contribution in [1.82, 2.24) is 0 Å². The molecule has 0 N–H and O–H groups in total. The third-order valence-electron chi connectivity index (χ3n) is 5.16. The highest BCUT2D eigenvalue weighted by atomic mass is 14.3. The molecule has 1 rings (SSSR count). The molecule has 0 saturated heterocycles. The Balaban J connectivity index is 2.45. The molecule has 0 aliphatic heterocycles. The Bertz CT molecular complexity index is 198. The minimum atomic E-state index is 0.842. The SMILES string of the molecule is C[B]C(CC)C(CC)C(C)CC1CCC(C)C1. The molecule has 0 bridgehead atoms. The zero-order valence-electron chi connectivity index (χ0n) is 12.7. The molecular weight excluding hydrogens is 203 g/mol. The van der Waals surface area contributed by atoms with Crippen molar-refractivity contribution in [3.63, 3.8) is 0 Å². The van der Waals surface area contributed by atoms with Gasteiger partial charge < -0.3 is 0 Å². The molecule has 1 radical (unpaired) electrons. The molecule has 0 aromatic rings. The van der Waals surface area contributed by atoms with Gasteiger partial charge in [-0.15, -0.1) is 0 Å². The molecule has 1 saturated carbocycles. The first-order valence-corrected chi connectivity index (χ1v) is 7.91. The van der Waals surface area contributed by atoms with Gasteiger partial charge in [-0.1, -0.05) is 66.0 Å². The summed E-state index contributed by atoms with van der Waals surface area (Å²) in [6.07, 6.45) is 8.62. The van der Waals surface area contributed by atoms with Crippen molar-refractivity contribution in [3.05, 3.63) is 0 Å². The third kappa shape index (κ3) is 4.34. The van der Waals surface area contributed by atoms with Gasteiger partial charge in [-0.05, 0) is 36.5 Å². The smallest absolute Gasteiger partial charge is 0.0917 e. The summed E-state index contributed by atoms with van der Waals surface area (Å²) in [7, 11) is 2.45. The van der Waals surface area contributed by atoms with Crippen molar-refractivity contribution in [2.24, 2.45) is 23.7 Å². The first-order valence-electron chi connectivity index (χ1n) is 7.91. The molecule has 1 heteroatoms. The molecule has 0 aromatic carbocycles. The maximum atomic E-state index is 2.50. The first-order chi connectivity index (χ1) is 8.12. The van der Waals surface area contributed by atoms with Gasteiger partial charge in [0.1, 0.15) is 7.28 Å². The Morgan fingerprint density at radius 3 is 2.29 bits per heavy atom. The van der Waals surface area contributed by atoms with E-state index in [0.717, 1.165) is 29.5 Å². The minimum Gasteiger partial charge on any atom is -0.0917 e. The van der Waals surface area contributed by atoms with Crippen molar-refractivity contribution >= 4 is 7.28 Å². The zero-order chi connectivity index (χ0) is 12.8. The summed E-state index contributed by atoms with van der Waals surface area (Å²) in [5.41, 5.74) is 0. The molecule has 0 heterocycles. The van der Waals surface area contributed by atoms with Crippen LogP contribution in [0.4, 0.5) is 0 Å². The maximum absolute atomic E-state index is 2.50. The fourth-order valence-corrected chi connectivity index (χ4v) is 4.15. The van der Waals surface area contributed by atoms with E-state index in [1.165, 1.54) is 38.5 Å². The number of hydrogen-bond donors (Lipinski definition) is 0. The van der Waals surface area contributed by atoms with E-state index in [2.05, 4.69) is 41.8 Å². The van der Waals surface area contributed by atoms with Crippen molar-refractivity contribution in [1.29, 1.82) is 0 Å². The van der Waals surface area contributed by atoms with Crippen molar-refractivity contribution in [3.8, 4) is 0 Å². The summed E-state index contributed by atoms with van der Waals surface area (Å²) in [5, 5.41) is 0. The van der Waals surface area contributed by atoms with Gasteiger partial charge in [-0.3, -0.25) is 0 Å². The van der Waals surface area contributed by atoms with Gasteiger partial charge in [0.2, 0.25) is 0 Å². The molecule has 1 aliphatic rings. The van der Waals surface area contributed by atoms with Gasteiger partial charge in [0, 0.05) is 0 Å². The van der Waals surface area contributed by atoms with Crippen LogP contribution in [0.15, 0.2) is 0 Å². The normalized spacial score (nSPS) is 29.9. The van der Waals surface area contributed by atoms with E-state index < -0.39 is 0 Å². The molecule has 0 amide bonds. The van der Waals surface area contributed by atoms with Crippen LogP contribution in [0.5, 0.6) is 0 Å². The monoisotopic (exact) mass is 235 g/mol. The molecule has 0 spiro atoms. The predicted octanol–water partition coefficient (Wildman–Crippen LogP) is 5.43. The molecule has 5 unspecified atom stereocenters. The van der Waals surface area contributed by atoms with Gasteiger partial charge in [-0.25, -0.2) is 0 Å². The fraction of sp³-hybridized carbons (Fsp3) is 1.00. The van der Waals surface area contributed by atoms with Gasteiger partial charge in [-0.2, -0.15) is 0 Å². The summed E-state index contributed by atoms with van der Waals surface area (Å²) >= 11 is 0. The average molecular weight is 235 g/mol. The summed E-state index contributed by atoms with van der Waals surface area (Å²) < 4.78 is 0. The molecule has 0 nitrogen and oxygen atoms in total. The molecule has 5 atom stereocenters. The van der Waals surface area contributed by atoms with Gasteiger partial charge >= 0.3 is 0 Å². The Kier molecular flexibility index (Phi) is 6.66. The van der Waals surface area contributed by atoms with E-state index in [4.69, 9.17) is 0 Å². The molecule has 17 heavy (non-hydrogen) atoms. The molecular formula is C16H32B. The lowest BCUT2D eigenvalue weighted by Gasteiger charge is -2.31. The van der Waals surface area contributed by atoms with E-state index in [-0.39, 0.29) is 0 Å². The van der Waals surface area contributed by atoms with Crippen LogP contribution in [0, 0.1) is 23.7 Å². The van der Waals surface area contributed by atoms with Crippen LogP contribution < -0.4 is 0 Å². The Labute approximate surface area is 110 Å². The molecule has 1 fully saturated rings. The Morgan fingerprint density at radius 1 is 1.18 bits per heavy atom. The lowest BCUT2D eigenvalue weighted by Crippen LogP contribution is -2.21. The van der Waals surface area contributed by atoms with Crippen LogP contribution in [0.2, 0.25) is 12.6 Å². The topological polar surface area (TPSA) is 0 Å². The molecule has 1 aliphatic carbocycles. The zero-order valence-corrected chi connectivity index (χ0v) is 12.7. The molecule has 99 valence electrons. The van der Waals surface area contributed by atoms with Gasteiger partial charge in [0.15, 0.2) is 0 Å². The van der Waals surface area contributed by atoms with Crippen molar-refractivity contribution in [2.75, 3.05) is 0 Å². The molecule has 0 aromatic heterocycles. The highest BCUT2D eigenvalue weighted by Crippen LogP contribution is 2.40. The van der Waals surface area contributed by atoms with Crippen molar-refractivity contribution < 1.29 is 0 Å². The quantitative estimate of drug-likeness (QED) is 0.516. The van der Waals surface area contributed by atoms with Crippen molar-refractivity contribution in [2.45, 2.75) is 78.9 Å². The second-order valence-electron chi connectivity index (χ2n) is 6.47. The lowest BCUT2D eigenvalue weighted by molar-refractivity contribution is 0.263. The summed E-state index contributed by atoms with van der Waals surface area (Å²) in [5.74, 6) is 4.70. The summed E-state index contributed by atoms with van der Waals surface area (Å²) in [4.78, 5) is 0. The second-order valence-corrected chi connectivity index (χ2v) is 6.47. The van der Waals surface area contributed by atoms with Gasteiger partial charge in [0.25, 0.3) is 0 Å². The van der Waals surface area contributed by atoms with Crippen LogP contribution >= 0.6 is 0 Å². The summed E-state index contributed by atoms with van der Waals surface area (Å²) in [6.45, 7) is 11.9. The largest absolute Gasteiger partial charge is 0.110 e. The Morgan fingerprint density at radius 2 is 1.88 bits per heavy atom. The van der Waals surface area contributed by atoms with Crippen LogP contribution in [-0.4, -0.2) is 7.28 Å². The minimum absolute atomic E-state index is 0.842. The summed E-state index contributed by atoms with van der Waals surface area (Å²) in [6, 6.07) is 0. The van der Waals surface area contributed by atoms with Crippen LogP contribution in [0.3, 0.4) is 0 Å². The van der Waals surface area contributed by atoms with E-state index in [1.807, 2.05) is 0 Å². The van der Waals surface area contributed by atoms with Crippen LogP contribution in [-0.2, 0) is 0 Å². The second kappa shape index (κ2) is 7.49. The predicted molar refractivity (Wildman–Crippen MR) is 79.7 cm³/mol. The van der Waals surface area contributed by atoms with Crippen LogP contribution in [0.1, 0.15) is 66.2 Å². The maximum Gasteiger partial charge on any atom is 0.110 e. The fourth-order valence-electron chi connectivity index (χ4n) is 4.15. The third-order valence-corrected chi connectivity index (χ3v) is 5.16. The van der Waals surface area contributed by atoms with E-state index >= 15 is 0 Å². The number of rotatable bonds is 7. The Hall–Kier alpha value is 0.0649. The highest BCUT2D eigenvalue weighted by molar-refractivity contribution is 6.35. The van der Waals surface area contributed by atoms with E-state index in [0.29, 0.717) is 0 Å². The van der Waals surface area contributed by atoms with Gasteiger partial charge in [0.05, 0.1) is 0 Å². The number of hydrogen-bond acceptors (Lipinski definition) is 0. The first kappa shape index (κ1) is 15.1. The average Bonchev–Trinajstić information content (AvgIpc) is 2.71. The van der Waals surface area contributed by atoms with E-state index in [1.54, 1.807) is 0 Å².